The van der Waals surface area contributed by atoms with Crippen molar-refractivity contribution in [1.82, 2.24) is 4.98 Å². The van der Waals surface area contributed by atoms with E-state index in [0.717, 1.165) is 0 Å². The van der Waals surface area contributed by atoms with Crippen molar-refractivity contribution in [1.29, 1.82) is 0 Å². The number of nitrogens with one attached hydrogen (secondary N) is 1. The molecule has 0 aromatic carbocycles. The lowest BCUT2D eigenvalue weighted by molar-refractivity contribution is 0.587. The number of hydrogen-bond donors (Lipinski definition) is 2. The number of sulfonamides is 1. The fraction of sp³-hybridized carbons (Fsp3) is 0.500. The minimum Gasteiger partial charge on any atom is -0.320 e. The average Bonchev–Trinajstić information content (AvgIpc) is 2.59. The number of aromatic nitrogens is 1. The van der Waals surface area contributed by atoms with Crippen LogP contribution in [-0.2, 0) is 10.0 Å². The topological polar surface area (TPSA) is 85.1 Å². The predicted molar refractivity (Wildman–Crippen MR) is 70.3 cm³/mol. The third-order valence-electron chi connectivity index (χ3n) is 1.61. The zero-order valence-corrected chi connectivity index (χ0v) is 11.4. The molecule has 0 unspecified atom stereocenters. The lowest BCUT2D eigenvalue weighted by Crippen LogP contribution is -2.19. The number of nitrogens with zero attached hydrogens (tertiary/aromatic N) is 1. The van der Waals surface area contributed by atoms with E-state index in [1.165, 1.54) is 17.5 Å². The van der Waals surface area contributed by atoms with Crippen molar-refractivity contribution < 1.29 is 8.42 Å². The maximum Gasteiger partial charge on any atom is 0.234 e. The summed E-state index contributed by atoms with van der Waals surface area (Å²) in [5, 5.41) is 0.340. The van der Waals surface area contributed by atoms with Gasteiger partial charge in [-0.15, -0.1) is 0 Å². The second kappa shape index (κ2) is 6.00. The monoisotopic (exact) mass is 273 g/mol. The fourth-order valence-electron chi connectivity index (χ4n) is 1.13. The Morgan fingerprint density at radius 1 is 1.59 bits per heavy atom. The van der Waals surface area contributed by atoms with Crippen molar-refractivity contribution in [2.45, 2.75) is 13.8 Å². The van der Waals surface area contributed by atoms with Crippen LogP contribution in [0.25, 0.3) is 0 Å². The number of thiazole rings is 1. The van der Waals surface area contributed by atoms with Gasteiger partial charge in [0.05, 0.1) is 23.4 Å². The molecule has 3 N–H and O–H groups in total. The molecule has 1 rings (SSSR count). The first-order valence-corrected chi connectivity index (χ1v) is 7.55. The van der Waals surface area contributed by atoms with Crippen molar-refractivity contribution in [3.05, 3.63) is 11.1 Å². The van der Waals surface area contributed by atoms with Gasteiger partial charge in [0.15, 0.2) is 5.13 Å². The zero-order chi connectivity index (χ0) is 12.9. The van der Waals surface area contributed by atoms with E-state index in [4.69, 9.17) is 5.73 Å². The van der Waals surface area contributed by atoms with Gasteiger partial charge in [0.2, 0.25) is 10.0 Å². The molecule has 0 aliphatic heterocycles. The highest BCUT2D eigenvalue weighted by Crippen LogP contribution is 2.18. The molecule has 0 spiro atoms. The molecule has 0 saturated carbocycles. The number of hydrogen-bond acceptors (Lipinski definition) is 5. The lowest BCUT2D eigenvalue weighted by Gasteiger charge is -2.06. The molecule has 0 fully saturated rings. The van der Waals surface area contributed by atoms with Gasteiger partial charge in [0.25, 0.3) is 0 Å². The molecule has 0 saturated heterocycles. The summed E-state index contributed by atoms with van der Waals surface area (Å²) in [7, 11) is -3.32. The Labute approximate surface area is 105 Å². The maximum atomic E-state index is 11.6. The molecule has 0 aliphatic carbocycles. The summed E-state index contributed by atoms with van der Waals surface area (Å²) in [5.41, 5.74) is 5.24. The minimum absolute atomic E-state index is 0.0731. The molecular weight excluding hydrogens is 258 g/mol. The van der Waals surface area contributed by atoms with Crippen LogP contribution in [-0.4, -0.2) is 25.7 Å². The van der Waals surface area contributed by atoms with Gasteiger partial charge in [-0.1, -0.05) is 37.0 Å². The van der Waals surface area contributed by atoms with Gasteiger partial charge in [-0.05, 0) is 5.92 Å². The molecule has 94 valence electrons. The van der Waals surface area contributed by atoms with Crippen LogP contribution < -0.4 is 10.5 Å². The van der Waals surface area contributed by atoms with E-state index in [-0.39, 0.29) is 18.2 Å². The Morgan fingerprint density at radius 3 is 2.88 bits per heavy atom. The van der Waals surface area contributed by atoms with Gasteiger partial charge in [-0.25, -0.2) is 13.4 Å². The molecule has 5 nitrogen and oxygen atoms in total. The summed E-state index contributed by atoms with van der Waals surface area (Å²) in [6.45, 7) is 3.96. The Bertz CT molecular complexity index is 523. The summed E-state index contributed by atoms with van der Waals surface area (Å²) < 4.78 is 25.7. The normalized spacial score (nSPS) is 11.1. The fourth-order valence-corrected chi connectivity index (χ4v) is 3.50. The lowest BCUT2D eigenvalue weighted by atomic mass is 10.3. The molecule has 1 aromatic heterocycles. The van der Waals surface area contributed by atoms with Crippen LogP contribution in [0.1, 0.15) is 18.7 Å². The van der Waals surface area contributed by atoms with Crippen LogP contribution in [0.2, 0.25) is 0 Å². The van der Waals surface area contributed by atoms with E-state index < -0.39 is 10.0 Å². The molecule has 17 heavy (non-hydrogen) atoms. The van der Waals surface area contributed by atoms with Gasteiger partial charge >= 0.3 is 0 Å². The van der Waals surface area contributed by atoms with Crippen LogP contribution in [0.15, 0.2) is 6.20 Å². The summed E-state index contributed by atoms with van der Waals surface area (Å²) in [4.78, 5) is 4.64. The highest BCUT2D eigenvalue weighted by molar-refractivity contribution is 7.92. The molecule has 0 amide bonds. The summed E-state index contributed by atoms with van der Waals surface area (Å²) in [6.07, 6.45) is 1.53. The van der Waals surface area contributed by atoms with Crippen molar-refractivity contribution in [2.24, 2.45) is 11.7 Å². The van der Waals surface area contributed by atoms with Gasteiger partial charge in [0.1, 0.15) is 0 Å². The van der Waals surface area contributed by atoms with Gasteiger partial charge in [0, 0.05) is 0 Å². The first-order valence-electron chi connectivity index (χ1n) is 5.08. The van der Waals surface area contributed by atoms with Gasteiger partial charge in [-0.2, -0.15) is 0 Å². The highest BCUT2D eigenvalue weighted by Gasteiger charge is 2.14. The third kappa shape index (κ3) is 5.17. The van der Waals surface area contributed by atoms with E-state index in [0.29, 0.717) is 10.0 Å². The number of anilines is 1. The summed E-state index contributed by atoms with van der Waals surface area (Å²) in [6, 6.07) is 0. The van der Waals surface area contributed by atoms with E-state index in [1.807, 2.05) is 13.8 Å². The van der Waals surface area contributed by atoms with E-state index in [2.05, 4.69) is 21.5 Å². The molecule has 0 atom stereocenters. The first-order chi connectivity index (χ1) is 7.93. The SMILES string of the molecule is CC(C)CS(=O)(=O)Nc1ncc(C#CCN)s1. The van der Waals surface area contributed by atoms with Crippen molar-refractivity contribution >= 4 is 26.5 Å². The second-order valence-electron chi connectivity index (χ2n) is 3.81. The average molecular weight is 273 g/mol. The highest BCUT2D eigenvalue weighted by atomic mass is 32.2. The minimum atomic E-state index is -3.32. The maximum absolute atomic E-state index is 11.6. The smallest absolute Gasteiger partial charge is 0.234 e. The Kier molecular flexibility index (Phi) is 4.93. The van der Waals surface area contributed by atoms with E-state index in [9.17, 15) is 8.42 Å². The third-order valence-corrected chi connectivity index (χ3v) is 4.18. The van der Waals surface area contributed by atoms with E-state index >= 15 is 0 Å². The molecule has 7 heteroatoms. The molecule has 0 radical (unpaired) electrons. The summed E-state index contributed by atoms with van der Waals surface area (Å²) in [5.74, 6) is 5.63. The van der Waals surface area contributed by atoms with Gasteiger partial charge in [-0.3, -0.25) is 4.72 Å². The standard InChI is InChI=1S/C10H15N3O2S2/c1-8(2)7-17(14,15)13-10-12-6-9(16-10)4-3-5-11/h6,8H,5,7,11H2,1-2H3,(H,12,13). The number of rotatable bonds is 4. The second-order valence-corrected chi connectivity index (χ2v) is 6.61. The van der Waals surface area contributed by atoms with Crippen LogP contribution in [0.5, 0.6) is 0 Å². The first kappa shape index (κ1) is 14.0. The van der Waals surface area contributed by atoms with Crippen molar-refractivity contribution in [3.8, 4) is 11.8 Å². The molecule has 0 bridgehead atoms. The van der Waals surface area contributed by atoms with Crippen LogP contribution in [0.4, 0.5) is 5.13 Å². The Morgan fingerprint density at radius 2 is 2.29 bits per heavy atom. The van der Waals surface area contributed by atoms with Crippen LogP contribution in [0.3, 0.4) is 0 Å². The molecule has 1 heterocycles. The van der Waals surface area contributed by atoms with Crippen molar-refractivity contribution in [2.75, 3.05) is 17.0 Å². The van der Waals surface area contributed by atoms with Crippen LogP contribution >= 0.6 is 11.3 Å². The van der Waals surface area contributed by atoms with Crippen molar-refractivity contribution in [3.63, 3.8) is 0 Å². The molecular formula is C10H15N3O2S2. The van der Waals surface area contributed by atoms with E-state index in [1.54, 1.807) is 0 Å². The number of nitrogens with two attached hydrogens (primary N) is 1. The Balaban J connectivity index is 2.73. The zero-order valence-electron chi connectivity index (χ0n) is 9.73. The molecule has 1 aromatic rings. The van der Waals surface area contributed by atoms with Crippen LogP contribution in [0, 0.1) is 17.8 Å². The van der Waals surface area contributed by atoms with Gasteiger partial charge < -0.3 is 5.73 Å². The molecule has 0 aliphatic rings. The Hall–Kier alpha value is -1.10. The quantitative estimate of drug-likeness (QED) is 0.796. The largest absolute Gasteiger partial charge is 0.320 e. The predicted octanol–water partition coefficient (Wildman–Crippen LogP) is 0.851. The summed E-state index contributed by atoms with van der Waals surface area (Å²) >= 11 is 1.20.